The van der Waals surface area contributed by atoms with Crippen LogP contribution in [0.5, 0.6) is 0 Å². The molecule has 0 radical (unpaired) electrons. The van der Waals surface area contributed by atoms with Gasteiger partial charge in [0.25, 0.3) is 0 Å². The molecule has 6 heteroatoms. The van der Waals surface area contributed by atoms with Crippen molar-refractivity contribution in [1.29, 1.82) is 0 Å². The summed E-state index contributed by atoms with van der Waals surface area (Å²) in [6.45, 7) is 1.09. The van der Waals surface area contributed by atoms with Gasteiger partial charge >= 0.3 is 0 Å². The Labute approximate surface area is 126 Å². The van der Waals surface area contributed by atoms with Gasteiger partial charge in [0.1, 0.15) is 10.7 Å². The molecule has 18 heavy (non-hydrogen) atoms. The van der Waals surface area contributed by atoms with Gasteiger partial charge in [0.05, 0.1) is 11.7 Å². The molecular formula is C12H11Br2N3S. The molecule has 3 nitrogen and oxygen atoms in total. The molecule has 1 unspecified atom stereocenters. The molecule has 0 aliphatic carbocycles. The van der Waals surface area contributed by atoms with Gasteiger partial charge in [-0.25, -0.2) is 4.98 Å². The molecular weight excluding hydrogens is 378 g/mol. The van der Waals surface area contributed by atoms with Crippen LogP contribution in [-0.4, -0.2) is 16.5 Å². The molecule has 1 aliphatic rings. The largest absolute Gasteiger partial charge is 0.309 e. The summed E-state index contributed by atoms with van der Waals surface area (Å²) >= 11 is 8.59. The molecule has 1 fully saturated rings. The van der Waals surface area contributed by atoms with Crippen molar-refractivity contribution in [1.82, 2.24) is 15.3 Å². The molecule has 3 heterocycles. The first-order chi connectivity index (χ1) is 8.74. The second-order valence-corrected chi connectivity index (χ2v) is 6.84. The van der Waals surface area contributed by atoms with E-state index in [-0.39, 0.29) is 0 Å². The van der Waals surface area contributed by atoms with Crippen molar-refractivity contribution in [3.05, 3.63) is 32.3 Å². The van der Waals surface area contributed by atoms with Crippen molar-refractivity contribution in [3.63, 3.8) is 0 Å². The fourth-order valence-electron chi connectivity index (χ4n) is 2.06. The van der Waals surface area contributed by atoms with E-state index in [4.69, 9.17) is 4.98 Å². The van der Waals surface area contributed by atoms with Gasteiger partial charge in [-0.2, -0.15) is 0 Å². The minimum absolute atomic E-state index is 0.421. The van der Waals surface area contributed by atoms with E-state index in [1.807, 2.05) is 6.07 Å². The molecule has 0 bridgehead atoms. The molecule has 94 valence electrons. The lowest BCUT2D eigenvalue weighted by Crippen LogP contribution is -2.12. The third-order valence-corrected chi connectivity index (χ3v) is 4.86. The second kappa shape index (κ2) is 5.36. The van der Waals surface area contributed by atoms with Gasteiger partial charge in [0.2, 0.25) is 0 Å². The average Bonchev–Trinajstić information content (AvgIpc) is 2.99. The average molecular weight is 389 g/mol. The first-order valence-corrected chi connectivity index (χ1v) is 8.21. The Balaban J connectivity index is 1.92. The number of aromatic nitrogens is 2. The molecule has 1 aliphatic heterocycles. The predicted molar refractivity (Wildman–Crippen MR) is 80.7 cm³/mol. The Morgan fingerprint density at radius 1 is 1.39 bits per heavy atom. The number of nitrogens with zero attached hydrogens (tertiary/aromatic N) is 2. The maximum atomic E-state index is 4.70. The van der Waals surface area contributed by atoms with Gasteiger partial charge in [-0.15, -0.1) is 11.3 Å². The van der Waals surface area contributed by atoms with Gasteiger partial charge in [-0.1, -0.05) is 0 Å². The summed E-state index contributed by atoms with van der Waals surface area (Å²) in [6, 6.07) is 2.42. The second-order valence-electron chi connectivity index (χ2n) is 4.21. The maximum Gasteiger partial charge on any atom is 0.143 e. The van der Waals surface area contributed by atoms with E-state index in [1.165, 1.54) is 12.8 Å². The van der Waals surface area contributed by atoms with Crippen LogP contribution in [0, 0.1) is 0 Å². The molecule has 1 atom stereocenters. The smallest absolute Gasteiger partial charge is 0.143 e. The Hall–Kier alpha value is -0.300. The molecule has 1 N–H and O–H groups in total. The third-order valence-electron chi connectivity index (χ3n) is 2.95. The number of pyridine rings is 1. The van der Waals surface area contributed by atoms with E-state index in [0.717, 1.165) is 31.9 Å². The van der Waals surface area contributed by atoms with E-state index in [1.54, 1.807) is 17.5 Å². The summed E-state index contributed by atoms with van der Waals surface area (Å²) in [4.78, 5) is 9.12. The Kier molecular flexibility index (Phi) is 3.79. The highest BCUT2D eigenvalue weighted by Crippen LogP contribution is 2.33. The van der Waals surface area contributed by atoms with Crippen LogP contribution in [0.15, 0.2) is 26.6 Å². The molecule has 2 aromatic rings. The summed E-state index contributed by atoms with van der Waals surface area (Å²) in [5.41, 5.74) is 2.05. The van der Waals surface area contributed by atoms with Gasteiger partial charge in [0, 0.05) is 20.5 Å². The SMILES string of the molecule is Brc1cnc(-c2nc(C3CCCN3)cs2)c(Br)c1. The van der Waals surface area contributed by atoms with E-state index >= 15 is 0 Å². The summed E-state index contributed by atoms with van der Waals surface area (Å²) in [6.07, 6.45) is 4.21. The fourth-order valence-corrected chi connectivity index (χ4v) is 4.25. The number of thiazole rings is 1. The molecule has 1 saturated heterocycles. The molecule has 3 rings (SSSR count). The highest BCUT2D eigenvalue weighted by molar-refractivity contribution is 9.11. The van der Waals surface area contributed by atoms with Crippen molar-refractivity contribution >= 4 is 43.2 Å². The molecule has 0 saturated carbocycles. The topological polar surface area (TPSA) is 37.8 Å². The van der Waals surface area contributed by atoms with Crippen molar-refractivity contribution in [2.75, 3.05) is 6.54 Å². The van der Waals surface area contributed by atoms with Gasteiger partial charge in [-0.05, 0) is 57.3 Å². The zero-order valence-corrected chi connectivity index (χ0v) is 13.5. The zero-order valence-electron chi connectivity index (χ0n) is 9.49. The minimum atomic E-state index is 0.421. The summed E-state index contributed by atoms with van der Waals surface area (Å²) < 4.78 is 1.93. The van der Waals surface area contributed by atoms with E-state index in [2.05, 4.69) is 47.5 Å². The van der Waals surface area contributed by atoms with Crippen LogP contribution < -0.4 is 5.32 Å². The number of halogens is 2. The summed E-state index contributed by atoms with van der Waals surface area (Å²) in [5.74, 6) is 0. The lowest BCUT2D eigenvalue weighted by atomic mass is 10.2. The van der Waals surface area contributed by atoms with Crippen LogP contribution in [0.25, 0.3) is 10.7 Å². The summed E-state index contributed by atoms with van der Waals surface area (Å²) in [5, 5.41) is 6.57. The normalized spacial score (nSPS) is 19.3. The van der Waals surface area contributed by atoms with Crippen molar-refractivity contribution in [2.24, 2.45) is 0 Å². The van der Waals surface area contributed by atoms with Gasteiger partial charge in [-0.3, -0.25) is 4.98 Å². The first-order valence-electron chi connectivity index (χ1n) is 5.74. The zero-order chi connectivity index (χ0) is 12.5. The standard InChI is InChI=1S/C12H11Br2N3S/c13-7-4-8(14)11(16-5-7)12-17-10(6-18-12)9-2-1-3-15-9/h4-6,9,15H,1-3H2. The van der Waals surface area contributed by atoms with Crippen LogP contribution in [0.2, 0.25) is 0 Å². The molecule has 0 amide bonds. The molecule has 2 aromatic heterocycles. The lowest BCUT2D eigenvalue weighted by molar-refractivity contribution is 0.632. The van der Waals surface area contributed by atoms with E-state index in [0.29, 0.717) is 6.04 Å². The Bertz CT molecular complexity index is 564. The van der Waals surface area contributed by atoms with Crippen LogP contribution in [-0.2, 0) is 0 Å². The van der Waals surface area contributed by atoms with Crippen molar-refractivity contribution in [2.45, 2.75) is 18.9 Å². The van der Waals surface area contributed by atoms with E-state index in [9.17, 15) is 0 Å². The monoisotopic (exact) mass is 387 g/mol. The van der Waals surface area contributed by atoms with Gasteiger partial charge in [0.15, 0.2) is 0 Å². The number of rotatable bonds is 2. The number of hydrogen-bond acceptors (Lipinski definition) is 4. The Morgan fingerprint density at radius 2 is 2.28 bits per heavy atom. The maximum absolute atomic E-state index is 4.70. The van der Waals surface area contributed by atoms with Crippen LogP contribution in [0.1, 0.15) is 24.6 Å². The first kappa shape index (κ1) is 12.7. The Morgan fingerprint density at radius 3 is 3.00 bits per heavy atom. The number of nitrogens with one attached hydrogen (secondary N) is 1. The molecule has 0 aromatic carbocycles. The minimum Gasteiger partial charge on any atom is -0.309 e. The van der Waals surface area contributed by atoms with Gasteiger partial charge < -0.3 is 5.32 Å². The quantitative estimate of drug-likeness (QED) is 0.839. The van der Waals surface area contributed by atoms with Crippen molar-refractivity contribution < 1.29 is 0 Å². The molecule has 0 spiro atoms. The highest BCUT2D eigenvalue weighted by Gasteiger charge is 2.20. The van der Waals surface area contributed by atoms with Crippen LogP contribution >= 0.6 is 43.2 Å². The lowest BCUT2D eigenvalue weighted by Gasteiger charge is -2.05. The number of hydrogen-bond donors (Lipinski definition) is 1. The van der Waals surface area contributed by atoms with Crippen LogP contribution in [0.3, 0.4) is 0 Å². The third kappa shape index (κ3) is 2.52. The summed E-state index contributed by atoms with van der Waals surface area (Å²) in [7, 11) is 0. The highest BCUT2D eigenvalue weighted by atomic mass is 79.9. The van der Waals surface area contributed by atoms with E-state index < -0.39 is 0 Å². The van der Waals surface area contributed by atoms with Crippen LogP contribution in [0.4, 0.5) is 0 Å². The predicted octanol–water partition coefficient (Wildman–Crippen LogP) is 4.15. The van der Waals surface area contributed by atoms with Crippen molar-refractivity contribution in [3.8, 4) is 10.7 Å². The fraction of sp³-hybridized carbons (Fsp3) is 0.333.